The van der Waals surface area contributed by atoms with Crippen LogP contribution in [-0.2, 0) is 0 Å². The van der Waals surface area contributed by atoms with Crippen LogP contribution < -0.4 is 10.6 Å². The molecule has 7 heteroatoms. The molecule has 1 aromatic rings. The summed E-state index contributed by atoms with van der Waals surface area (Å²) in [6, 6.07) is 2.30. The fourth-order valence-electron chi connectivity index (χ4n) is 1.89. The van der Waals surface area contributed by atoms with E-state index in [1.165, 1.54) is 0 Å². The van der Waals surface area contributed by atoms with Crippen molar-refractivity contribution in [2.24, 2.45) is 11.8 Å². The second kappa shape index (κ2) is 5.80. The number of aromatic nitrogens is 3. The Balaban J connectivity index is 2.13. The summed E-state index contributed by atoms with van der Waals surface area (Å²) in [5.41, 5.74) is -0.653. The highest BCUT2D eigenvalue weighted by Crippen LogP contribution is 2.40. The summed E-state index contributed by atoms with van der Waals surface area (Å²) < 4.78 is 0. The zero-order valence-corrected chi connectivity index (χ0v) is 12.7. The molecule has 1 fully saturated rings. The van der Waals surface area contributed by atoms with Crippen LogP contribution in [0.1, 0.15) is 33.6 Å². The van der Waals surface area contributed by atoms with Crippen molar-refractivity contribution in [2.45, 2.75) is 39.2 Å². The lowest BCUT2D eigenvalue weighted by atomic mass is 9.98. The second-order valence-electron chi connectivity index (χ2n) is 5.74. The van der Waals surface area contributed by atoms with Crippen LogP contribution in [0.5, 0.6) is 0 Å². The van der Waals surface area contributed by atoms with E-state index in [0.29, 0.717) is 23.7 Å². The van der Waals surface area contributed by atoms with Crippen molar-refractivity contribution in [2.75, 3.05) is 17.2 Å². The molecule has 6 nitrogen and oxygen atoms in total. The summed E-state index contributed by atoms with van der Waals surface area (Å²) >= 11 is 5.91. The van der Waals surface area contributed by atoms with Gasteiger partial charge in [0.1, 0.15) is 5.54 Å². The number of nitrogens with one attached hydrogen (secondary N) is 2. The van der Waals surface area contributed by atoms with E-state index < -0.39 is 5.54 Å². The van der Waals surface area contributed by atoms with Gasteiger partial charge in [-0.3, -0.25) is 0 Å². The highest BCUT2D eigenvalue weighted by molar-refractivity contribution is 6.28. The van der Waals surface area contributed by atoms with Gasteiger partial charge >= 0.3 is 0 Å². The maximum atomic E-state index is 9.34. The maximum absolute atomic E-state index is 9.34. The Morgan fingerprint density at radius 1 is 1.35 bits per heavy atom. The lowest BCUT2D eigenvalue weighted by molar-refractivity contribution is 0.561. The minimum absolute atomic E-state index is 0.116. The molecule has 2 rings (SSSR count). The third-order valence-corrected chi connectivity index (χ3v) is 3.44. The van der Waals surface area contributed by atoms with Gasteiger partial charge in [0.15, 0.2) is 0 Å². The Hall–Kier alpha value is -1.61. The Labute approximate surface area is 124 Å². The molecule has 0 bridgehead atoms. The highest BCUT2D eigenvalue weighted by Gasteiger charge is 2.42. The standard InChI is InChI=1S/C13H19ClN6/c1-8(2)6-16-11-17-10(14)18-12(19-11)20-13(3,7-15)9-4-5-9/h8-9H,4-6H2,1-3H3,(H2,16,17,18,19,20). The Kier molecular flexibility index (Phi) is 4.29. The summed E-state index contributed by atoms with van der Waals surface area (Å²) in [7, 11) is 0. The molecule has 1 unspecified atom stereocenters. The largest absolute Gasteiger partial charge is 0.354 e. The van der Waals surface area contributed by atoms with Gasteiger partial charge in [0.05, 0.1) is 6.07 Å². The smallest absolute Gasteiger partial charge is 0.230 e. The molecule has 0 radical (unpaired) electrons. The number of anilines is 2. The van der Waals surface area contributed by atoms with Crippen LogP contribution in [-0.4, -0.2) is 27.0 Å². The van der Waals surface area contributed by atoms with Crippen LogP contribution in [0.3, 0.4) is 0 Å². The predicted molar refractivity (Wildman–Crippen MR) is 78.5 cm³/mol. The SMILES string of the molecule is CC(C)CNc1nc(Cl)nc(NC(C)(C#N)C2CC2)n1. The van der Waals surface area contributed by atoms with Gasteiger partial charge in [0, 0.05) is 6.54 Å². The van der Waals surface area contributed by atoms with E-state index in [1.807, 2.05) is 6.92 Å². The molecule has 0 spiro atoms. The summed E-state index contributed by atoms with van der Waals surface area (Å²) in [6.07, 6.45) is 2.10. The number of hydrogen-bond acceptors (Lipinski definition) is 6. The lowest BCUT2D eigenvalue weighted by Crippen LogP contribution is -2.36. The zero-order valence-electron chi connectivity index (χ0n) is 11.9. The van der Waals surface area contributed by atoms with Gasteiger partial charge in [-0.05, 0) is 43.2 Å². The van der Waals surface area contributed by atoms with E-state index in [-0.39, 0.29) is 5.28 Å². The van der Waals surface area contributed by atoms with E-state index in [0.717, 1.165) is 19.4 Å². The molecule has 108 valence electrons. The number of nitriles is 1. The first-order valence-electron chi connectivity index (χ1n) is 6.78. The van der Waals surface area contributed by atoms with Crippen molar-refractivity contribution in [3.8, 4) is 6.07 Å². The average molecular weight is 295 g/mol. The zero-order chi connectivity index (χ0) is 14.8. The molecule has 1 atom stereocenters. The van der Waals surface area contributed by atoms with Gasteiger partial charge in [-0.15, -0.1) is 0 Å². The first-order chi connectivity index (χ1) is 9.43. The molecular weight excluding hydrogens is 276 g/mol. The van der Waals surface area contributed by atoms with Crippen LogP contribution in [0.25, 0.3) is 0 Å². The number of hydrogen-bond donors (Lipinski definition) is 2. The summed E-state index contributed by atoms with van der Waals surface area (Å²) in [5, 5.41) is 15.6. The van der Waals surface area contributed by atoms with Crippen LogP contribution in [0.4, 0.5) is 11.9 Å². The average Bonchev–Trinajstić information content (AvgIpc) is 3.20. The summed E-state index contributed by atoms with van der Waals surface area (Å²) in [4.78, 5) is 12.3. The van der Waals surface area contributed by atoms with Crippen molar-refractivity contribution in [1.29, 1.82) is 5.26 Å². The first-order valence-corrected chi connectivity index (χ1v) is 7.15. The molecule has 1 aliphatic carbocycles. The van der Waals surface area contributed by atoms with Crippen molar-refractivity contribution < 1.29 is 0 Å². The molecule has 0 saturated heterocycles. The van der Waals surface area contributed by atoms with Gasteiger partial charge in [-0.25, -0.2) is 0 Å². The molecule has 1 aromatic heterocycles. The van der Waals surface area contributed by atoms with Crippen LogP contribution in [0.2, 0.25) is 5.28 Å². The van der Waals surface area contributed by atoms with E-state index >= 15 is 0 Å². The molecule has 0 amide bonds. The third kappa shape index (κ3) is 3.70. The molecule has 20 heavy (non-hydrogen) atoms. The first kappa shape index (κ1) is 14.8. The summed E-state index contributed by atoms with van der Waals surface area (Å²) in [5.74, 6) is 1.58. The number of halogens is 1. The highest BCUT2D eigenvalue weighted by atomic mass is 35.5. The molecular formula is C13H19ClN6. The fourth-order valence-corrected chi connectivity index (χ4v) is 2.05. The van der Waals surface area contributed by atoms with Gasteiger partial charge in [0.25, 0.3) is 0 Å². The molecule has 0 aromatic carbocycles. The number of rotatable bonds is 6. The van der Waals surface area contributed by atoms with Gasteiger partial charge in [-0.2, -0.15) is 20.2 Å². The summed E-state index contributed by atoms with van der Waals surface area (Å²) in [6.45, 7) is 6.80. The van der Waals surface area contributed by atoms with Crippen molar-refractivity contribution in [1.82, 2.24) is 15.0 Å². The third-order valence-electron chi connectivity index (χ3n) is 3.27. The van der Waals surface area contributed by atoms with Gasteiger partial charge < -0.3 is 10.6 Å². The Bertz CT molecular complexity index is 522. The minimum Gasteiger partial charge on any atom is -0.354 e. The fraction of sp³-hybridized carbons (Fsp3) is 0.692. The molecule has 1 saturated carbocycles. The maximum Gasteiger partial charge on any atom is 0.230 e. The van der Waals surface area contributed by atoms with E-state index in [2.05, 4.69) is 45.5 Å². The van der Waals surface area contributed by atoms with Crippen molar-refractivity contribution in [3.63, 3.8) is 0 Å². The molecule has 2 N–H and O–H groups in total. The van der Waals surface area contributed by atoms with Crippen molar-refractivity contribution in [3.05, 3.63) is 5.28 Å². The predicted octanol–water partition coefficient (Wildman–Crippen LogP) is 2.70. The number of nitrogens with zero attached hydrogens (tertiary/aromatic N) is 4. The lowest BCUT2D eigenvalue weighted by Gasteiger charge is -2.22. The van der Waals surface area contributed by atoms with Crippen LogP contribution >= 0.6 is 11.6 Å². The van der Waals surface area contributed by atoms with E-state index in [9.17, 15) is 5.26 Å². The van der Waals surface area contributed by atoms with Gasteiger partial charge in [-0.1, -0.05) is 13.8 Å². The van der Waals surface area contributed by atoms with Crippen molar-refractivity contribution >= 4 is 23.5 Å². The normalized spacial score (nSPS) is 17.4. The second-order valence-corrected chi connectivity index (χ2v) is 6.08. The minimum atomic E-state index is -0.653. The van der Waals surface area contributed by atoms with E-state index in [4.69, 9.17) is 11.6 Å². The monoisotopic (exact) mass is 294 g/mol. The molecule has 0 aliphatic heterocycles. The Morgan fingerprint density at radius 3 is 2.55 bits per heavy atom. The molecule has 1 aliphatic rings. The molecule has 1 heterocycles. The topological polar surface area (TPSA) is 86.5 Å². The van der Waals surface area contributed by atoms with Crippen LogP contribution in [0, 0.1) is 23.2 Å². The quantitative estimate of drug-likeness (QED) is 0.839. The van der Waals surface area contributed by atoms with Gasteiger partial charge in [0.2, 0.25) is 17.2 Å². The Morgan fingerprint density at radius 2 is 2.00 bits per heavy atom. The van der Waals surface area contributed by atoms with E-state index in [1.54, 1.807) is 0 Å². The van der Waals surface area contributed by atoms with Crippen LogP contribution in [0.15, 0.2) is 0 Å².